The molecule has 1 amide bonds. The predicted octanol–water partition coefficient (Wildman–Crippen LogP) is 2.39. The number of ether oxygens (including phenoxy) is 1. The van der Waals surface area contributed by atoms with E-state index in [2.05, 4.69) is 10.3 Å². The number of hydrogen-bond donors (Lipinski definition) is 2. The molecule has 132 valence electrons. The van der Waals surface area contributed by atoms with Gasteiger partial charge in [0.1, 0.15) is 0 Å². The normalized spacial score (nSPS) is 20.4. The number of carbonyl (C=O) groups excluding carboxylic acids is 2. The molecule has 24 heavy (non-hydrogen) atoms. The Labute approximate surface area is 144 Å². The molecule has 1 aromatic rings. The number of esters is 1. The molecule has 1 aromatic heterocycles. The molecule has 0 unspecified atom stereocenters. The standard InChI is InChI=1S/C16H22N2O5S/c1-3-23-13(19)8-12-9(2)17-16(24-12)18-14(20)10-6-4-5-7-11(10)15(21)22/h10-11H,3-8H2,1-2H3,(H,21,22)(H,17,18,20)/t10-,11-/m0/s1. The highest BCUT2D eigenvalue weighted by molar-refractivity contribution is 7.16. The molecular weight excluding hydrogens is 332 g/mol. The van der Waals surface area contributed by atoms with E-state index in [0.717, 1.165) is 17.7 Å². The maximum absolute atomic E-state index is 12.4. The number of aromatic nitrogens is 1. The van der Waals surface area contributed by atoms with E-state index in [1.165, 1.54) is 11.3 Å². The number of aryl methyl sites for hydroxylation is 1. The molecule has 1 saturated carbocycles. The molecule has 0 radical (unpaired) electrons. The largest absolute Gasteiger partial charge is 0.481 e. The van der Waals surface area contributed by atoms with Crippen LogP contribution in [0.4, 0.5) is 5.13 Å². The number of anilines is 1. The fourth-order valence-electron chi connectivity index (χ4n) is 2.93. The van der Waals surface area contributed by atoms with Crippen LogP contribution in [0, 0.1) is 18.8 Å². The van der Waals surface area contributed by atoms with Crippen LogP contribution in [0.15, 0.2) is 0 Å². The lowest BCUT2D eigenvalue weighted by molar-refractivity contribution is -0.147. The summed E-state index contributed by atoms with van der Waals surface area (Å²) in [7, 11) is 0. The molecule has 1 fully saturated rings. The molecule has 0 bridgehead atoms. The average Bonchev–Trinajstić information content (AvgIpc) is 2.86. The van der Waals surface area contributed by atoms with Gasteiger partial charge in [-0.25, -0.2) is 4.98 Å². The van der Waals surface area contributed by atoms with Crippen LogP contribution >= 0.6 is 11.3 Å². The lowest BCUT2D eigenvalue weighted by atomic mass is 9.79. The first-order valence-electron chi connectivity index (χ1n) is 8.08. The van der Waals surface area contributed by atoms with Crippen molar-refractivity contribution < 1.29 is 24.2 Å². The van der Waals surface area contributed by atoms with Crippen LogP contribution in [0.3, 0.4) is 0 Å². The molecular formula is C16H22N2O5S. The second-order valence-electron chi connectivity index (χ2n) is 5.83. The number of aliphatic carboxylic acids is 1. The van der Waals surface area contributed by atoms with Gasteiger partial charge in [0.25, 0.3) is 0 Å². The van der Waals surface area contributed by atoms with Crippen molar-refractivity contribution in [2.75, 3.05) is 11.9 Å². The molecule has 2 atom stereocenters. The highest BCUT2D eigenvalue weighted by atomic mass is 32.1. The third-order valence-electron chi connectivity index (χ3n) is 4.15. The minimum atomic E-state index is -0.923. The molecule has 8 heteroatoms. The van der Waals surface area contributed by atoms with Crippen molar-refractivity contribution in [3.63, 3.8) is 0 Å². The third-order valence-corrected chi connectivity index (χ3v) is 5.23. The van der Waals surface area contributed by atoms with Gasteiger partial charge >= 0.3 is 11.9 Å². The monoisotopic (exact) mass is 354 g/mol. The number of rotatable bonds is 6. The van der Waals surface area contributed by atoms with E-state index in [9.17, 15) is 19.5 Å². The predicted molar refractivity (Wildman–Crippen MR) is 88.9 cm³/mol. The summed E-state index contributed by atoms with van der Waals surface area (Å²) >= 11 is 1.22. The number of amides is 1. The summed E-state index contributed by atoms with van der Waals surface area (Å²) in [6.45, 7) is 3.83. The molecule has 1 aliphatic rings. The summed E-state index contributed by atoms with van der Waals surface area (Å²) in [6, 6.07) is 0. The van der Waals surface area contributed by atoms with E-state index in [1.807, 2.05) is 0 Å². The maximum atomic E-state index is 12.4. The van der Waals surface area contributed by atoms with Gasteiger partial charge in [-0.2, -0.15) is 0 Å². The Balaban J connectivity index is 2.03. The average molecular weight is 354 g/mol. The Morgan fingerprint density at radius 3 is 2.58 bits per heavy atom. The van der Waals surface area contributed by atoms with Crippen molar-refractivity contribution in [3.05, 3.63) is 10.6 Å². The number of nitrogens with one attached hydrogen (secondary N) is 1. The number of carboxylic acid groups (broad SMARTS) is 1. The Bertz CT molecular complexity index is 628. The fraction of sp³-hybridized carbons (Fsp3) is 0.625. The van der Waals surface area contributed by atoms with E-state index >= 15 is 0 Å². The summed E-state index contributed by atoms with van der Waals surface area (Å²) in [4.78, 5) is 40.3. The smallest absolute Gasteiger partial charge is 0.311 e. The highest BCUT2D eigenvalue weighted by Crippen LogP contribution is 2.32. The van der Waals surface area contributed by atoms with Crippen LogP contribution in [0.5, 0.6) is 0 Å². The maximum Gasteiger partial charge on any atom is 0.311 e. The second kappa shape index (κ2) is 8.23. The van der Waals surface area contributed by atoms with Crippen LogP contribution < -0.4 is 5.32 Å². The molecule has 1 heterocycles. The van der Waals surface area contributed by atoms with Gasteiger partial charge in [0.15, 0.2) is 5.13 Å². The lowest BCUT2D eigenvalue weighted by Gasteiger charge is -2.26. The number of carboxylic acids is 1. The van der Waals surface area contributed by atoms with Crippen molar-refractivity contribution in [1.29, 1.82) is 0 Å². The first kappa shape index (κ1) is 18.4. The van der Waals surface area contributed by atoms with Crippen molar-refractivity contribution in [2.45, 2.75) is 46.0 Å². The highest BCUT2D eigenvalue weighted by Gasteiger charge is 2.36. The van der Waals surface area contributed by atoms with E-state index < -0.39 is 17.8 Å². The van der Waals surface area contributed by atoms with E-state index in [-0.39, 0.29) is 18.3 Å². The molecule has 2 rings (SSSR count). The summed E-state index contributed by atoms with van der Waals surface area (Å²) in [5, 5.41) is 12.4. The number of carbonyl (C=O) groups is 3. The summed E-state index contributed by atoms with van der Waals surface area (Å²) in [5.74, 6) is -2.74. The van der Waals surface area contributed by atoms with Crippen molar-refractivity contribution in [2.24, 2.45) is 11.8 Å². The topological polar surface area (TPSA) is 106 Å². The molecule has 0 saturated heterocycles. The number of thiazole rings is 1. The van der Waals surface area contributed by atoms with Crippen molar-refractivity contribution in [3.8, 4) is 0 Å². The van der Waals surface area contributed by atoms with Gasteiger partial charge in [-0.15, -0.1) is 11.3 Å². The quantitative estimate of drug-likeness (QED) is 0.760. The summed E-state index contributed by atoms with van der Waals surface area (Å²) in [6.07, 6.45) is 2.91. The molecule has 0 aromatic carbocycles. The fourth-order valence-corrected chi connectivity index (χ4v) is 3.88. The van der Waals surface area contributed by atoms with E-state index in [0.29, 0.717) is 30.3 Å². The second-order valence-corrected chi connectivity index (χ2v) is 6.92. The molecule has 0 spiro atoms. The summed E-state index contributed by atoms with van der Waals surface area (Å²) in [5.41, 5.74) is 0.668. The van der Waals surface area contributed by atoms with Gasteiger partial charge < -0.3 is 15.2 Å². The van der Waals surface area contributed by atoms with Gasteiger partial charge in [-0.1, -0.05) is 12.8 Å². The number of hydrogen-bond acceptors (Lipinski definition) is 6. The first-order chi connectivity index (χ1) is 11.4. The van der Waals surface area contributed by atoms with Crippen LogP contribution in [0.2, 0.25) is 0 Å². The van der Waals surface area contributed by atoms with Gasteiger partial charge in [-0.05, 0) is 26.7 Å². The lowest BCUT2D eigenvalue weighted by Crippen LogP contribution is -2.36. The van der Waals surface area contributed by atoms with Crippen LogP contribution in [-0.2, 0) is 25.5 Å². The van der Waals surface area contributed by atoms with Crippen molar-refractivity contribution in [1.82, 2.24) is 4.98 Å². The van der Waals surface area contributed by atoms with Gasteiger partial charge in [0.2, 0.25) is 5.91 Å². The minimum Gasteiger partial charge on any atom is -0.481 e. The first-order valence-corrected chi connectivity index (χ1v) is 8.89. The zero-order valence-electron chi connectivity index (χ0n) is 13.8. The third kappa shape index (κ3) is 4.53. The Morgan fingerprint density at radius 1 is 1.29 bits per heavy atom. The molecule has 0 aliphatic heterocycles. The summed E-state index contributed by atoms with van der Waals surface area (Å²) < 4.78 is 4.91. The van der Waals surface area contributed by atoms with Crippen LogP contribution in [0.1, 0.15) is 43.2 Å². The SMILES string of the molecule is CCOC(=O)Cc1sc(NC(=O)[C@H]2CCCC[C@@H]2C(=O)O)nc1C. The van der Waals surface area contributed by atoms with Crippen LogP contribution in [-0.4, -0.2) is 34.5 Å². The zero-order valence-corrected chi connectivity index (χ0v) is 14.6. The van der Waals surface area contributed by atoms with Gasteiger partial charge in [0.05, 0.1) is 30.6 Å². The Morgan fingerprint density at radius 2 is 1.96 bits per heavy atom. The van der Waals surface area contributed by atoms with E-state index in [4.69, 9.17) is 4.74 Å². The Hall–Kier alpha value is -1.96. The number of nitrogens with zero attached hydrogens (tertiary/aromatic N) is 1. The minimum absolute atomic E-state index is 0.119. The van der Waals surface area contributed by atoms with Gasteiger partial charge in [0, 0.05) is 4.88 Å². The van der Waals surface area contributed by atoms with Gasteiger partial charge in [-0.3, -0.25) is 14.4 Å². The molecule has 1 aliphatic carbocycles. The van der Waals surface area contributed by atoms with Crippen LogP contribution in [0.25, 0.3) is 0 Å². The molecule has 2 N–H and O–H groups in total. The van der Waals surface area contributed by atoms with Crippen molar-refractivity contribution >= 4 is 34.3 Å². The van der Waals surface area contributed by atoms with E-state index in [1.54, 1.807) is 13.8 Å². The zero-order chi connectivity index (χ0) is 17.7. The molecule has 7 nitrogen and oxygen atoms in total. The Kier molecular flexibility index (Phi) is 6.30.